The third-order valence-electron chi connectivity index (χ3n) is 6.34. The summed E-state index contributed by atoms with van der Waals surface area (Å²) in [7, 11) is 2.48. The molecular weight excluding hydrogens is 503 g/mol. The molecule has 2 aromatic heterocycles. The summed E-state index contributed by atoms with van der Waals surface area (Å²) in [5.41, 5.74) is -1.11. The Morgan fingerprint density at radius 2 is 1.94 bits per heavy atom. The van der Waals surface area contributed by atoms with Crippen LogP contribution < -0.4 is 9.64 Å². The van der Waals surface area contributed by atoms with E-state index in [0.717, 1.165) is 12.5 Å². The van der Waals surface area contributed by atoms with Gasteiger partial charge in [0.15, 0.2) is 0 Å². The first kappa shape index (κ1) is 23.9. The maximum atomic E-state index is 13.8. The van der Waals surface area contributed by atoms with E-state index in [1.807, 2.05) is 0 Å². The van der Waals surface area contributed by atoms with Crippen LogP contribution in [0.3, 0.4) is 0 Å². The van der Waals surface area contributed by atoms with Crippen molar-refractivity contribution in [3.63, 3.8) is 0 Å². The molecule has 0 aliphatic carbocycles. The molecule has 0 bridgehead atoms. The zero-order valence-electron chi connectivity index (χ0n) is 18.9. The molecule has 2 aromatic carbocycles. The molecule has 0 fully saturated rings. The van der Waals surface area contributed by atoms with E-state index in [4.69, 9.17) is 16.3 Å². The number of nitrogens with one attached hydrogen (secondary N) is 2. The van der Waals surface area contributed by atoms with Crippen molar-refractivity contribution in [1.29, 1.82) is 0 Å². The number of halogens is 4. The highest BCUT2D eigenvalue weighted by molar-refractivity contribution is 6.20. The number of ether oxygens (including phenoxy) is 2. The Labute approximate surface area is 206 Å². The number of aromatic nitrogens is 2. The van der Waals surface area contributed by atoms with Gasteiger partial charge >= 0.3 is 12.1 Å². The SMILES string of the molecule is COC(=O)c1c(C(F)(F)F)[nH]c2c(O)cc3c(c12)C(CCl)CN3C(=O)c1cc2cc(OC)ccc2[nH]1. The standard InChI is InChI=1S/C24H19ClF3N3O5/c1-35-12-3-4-13-10(5-12)6-14(29-13)22(33)31-9-11(8-25)17-15(31)7-16(32)20-18(17)19(23(34)36-2)21(30-20)24(26,27)28/h3-7,11,29-30,32H,8-9H2,1-2H3. The van der Waals surface area contributed by atoms with Gasteiger partial charge in [0.05, 0.1) is 31.0 Å². The lowest BCUT2D eigenvalue weighted by atomic mass is 9.95. The van der Waals surface area contributed by atoms with Gasteiger partial charge in [-0.25, -0.2) is 4.79 Å². The summed E-state index contributed by atoms with van der Waals surface area (Å²) >= 11 is 6.18. The molecule has 0 saturated heterocycles. The number of phenolic OH excluding ortho intramolecular Hbond substituents is 1. The second-order valence-electron chi connectivity index (χ2n) is 8.35. The molecule has 1 atom stereocenters. The molecule has 188 valence electrons. The maximum absolute atomic E-state index is 13.8. The highest BCUT2D eigenvalue weighted by Crippen LogP contribution is 2.49. The normalized spacial score (nSPS) is 15.5. The number of aromatic amines is 2. The highest BCUT2D eigenvalue weighted by atomic mass is 35.5. The van der Waals surface area contributed by atoms with E-state index >= 15 is 0 Å². The molecular formula is C24H19ClF3N3O5. The van der Waals surface area contributed by atoms with Crippen molar-refractivity contribution in [2.45, 2.75) is 12.1 Å². The number of benzene rings is 2. The Morgan fingerprint density at radius 3 is 2.58 bits per heavy atom. The fourth-order valence-corrected chi connectivity index (χ4v) is 5.00. The molecule has 0 spiro atoms. The zero-order chi connectivity index (χ0) is 25.9. The second kappa shape index (κ2) is 8.37. The molecule has 12 heteroatoms. The van der Waals surface area contributed by atoms with E-state index in [2.05, 4.69) is 14.7 Å². The van der Waals surface area contributed by atoms with Crippen LogP contribution in [0.25, 0.3) is 21.8 Å². The predicted molar refractivity (Wildman–Crippen MR) is 126 cm³/mol. The third kappa shape index (κ3) is 3.53. The molecule has 1 aliphatic heterocycles. The number of hydrogen-bond acceptors (Lipinski definition) is 5. The Kier molecular flexibility index (Phi) is 5.55. The molecule has 4 aromatic rings. The molecule has 8 nitrogen and oxygen atoms in total. The predicted octanol–water partition coefficient (Wildman–Crippen LogP) is 5.15. The number of carbonyl (C=O) groups is 2. The van der Waals surface area contributed by atoms with Crippen molar-refractivity contribution >= 4 is 51.0 Å². The van der Waals surface area contributed by atoms with Crippen LogP contribution in [0.2, 0.25) is 0 Å². The molecule has 0 radical (unpaired) electrons. The monoisotopic (exact) mass is 521 g/mol. The van der Waals surface area contributed by atoms with Crippen LogP contribution >= 0.6 is 11.6 Å². The number of phenols is 1. The molecule has 5 rings (SSSR count). The van der Waals surface area contributed by atoms with Gasteiger partial charge < -0.3 is 29.4 Å². The van der Waals surface area contributed by atoms with Gasteiger partial charge in [-0.05, 0) is 29.8 Å². The van der Waals surface area contributed by atoms with Gasteiger partial charge in [0.2, 0.25) is 0 Å². The Hall–Kier alpha value is -3.86. The number of amides is 1. The summed E-state index contributed by atoms with van der Waals surface area (Å²) in [6.45, 7) is 0.0298. The van der Waals surface area contributed by atoms with Crippen LogP contribution in [-0.2, 0) is 10.9 Å². The summed E-state index contributed by atoms with van der Waals surface area (Å²) < 4.78 is 51.3. The van der Waals surface area contributed by atoms with Crippen molar-refractivity contribution in [2.24, 2.45) is 0 Å². The van der Waals surface area contributed by atoms with E-state index in [-0.39, 0.29) is 40.3 Å². The van der Waals surface area contributed by atoms with Crippen molar-refractivity contribution in [1.82, 2.24) is 9.97 Å². The lowest BCUT2D eigenvalue weighted by molar-refractivity contribution is -0.141. The van der Waals surface area contributed by atoms with Gasteiger partial charge in [-0.2, -0.15) is 13.2 Å². The molecule has 3 N–H and O–H groups in total. The zero-order valence-corrected chi connectivity index (χ0v) is 19.7. The van der Waals surface area contributed by atoms with Crippen molar-refractivity contribution in [3.05, 3.63) is 52.8 Å². The van der Waals surface area contributed by atoms with Gasteiger partial charge in [0, 0.05) is 40.7 Å². The van der Waals surface area contributed by atoms with E-state index in [1.54, 1.807) is 24.3 Å². The van der Waals surface area contributed by atoms with E-state index in [0.29, 0.717) is 11.3 Å². The van der Waals surface area contributed by atoms with Gasteiger partial charge in [-0.3, -0.25) is 4.79 Å². The highest BCUT2D eigenvalue weighted by Gasteiger charge is 2.43. The van der Waals surface area contributed by atoms with Gasteiger partial charge in [0.25, 0.3) is 5.91 Å². The van der Waals surface area contributed by atoms with Crippen molar-refractivity contribution in [2.75, 3.05) is 31.5 Å². The maximum Gasteiger partial charge on any atom is 0.432 e. The molecule has 36 heavy (non-hydrogen) atoms. The Morgan fingerprint density at radius 1 is 1.19 bits per heavy atom. The van der Waals surface area contributed by atoms with Crippen LogP contribution in [0.15, 0.2) is 30.3 Å². The number of fused-ring (bicyclic) bond motifs is 4. The molecule has 1 unspecified atom stereocenters. The van der Waals surface area contributed by atoms with Crippen molar-refractivity contribution in [3.8, 4) is 11.5 Å². The van der Waals surface area contributed by atoms with Crippen LogP contribution in [0.1, 0.15) is 38.0 Å². The topological polar surface area (TPSA) is 108 Å². The Bertz CT molecular complexity index is 1540. The minimum absolute atomic E-state index is 0.0298. The Balaban J connectivity index is 1.71. The number of aromatic hydroxyl groups is 1. The van der Waals surface area contributed by atoms with E-state index in [9.17, 15) is 27.9 Å². The smallest absolute Gasteiger partial charge is 0.432 e. The third-order valence-corrected chi connectivity index (χ3v) is 6.71. The van der Waals surface area contributed by atoms with Gasteiger partial charge in [-0.1, -0.05) is 0 Å². The number of rotatable bonds is 4. The first-order chi connectivity index (χ1) is 17.1. The average molecular weight is 522 g/mol. The minimum Gasteiger partial charge on any atom is -0.506 e. The minimum atomic E-state index is -4.93. The summed E-state index contributed by atoms with van der Waals surface area (Å²) in [5, 5.41) is 11.2. The summed E-state index contributed by atoms with van der Waals surface area (Å²) in [4.78, 5) is 32.5. The van der Waals surface area contributed by atoms with Crippen LogP contribution in [0.5, 0.6) is 11.5 Å². The first-order valence-corrected chi connectivity index (χ1v) is 11.2. The fraction of sp³-hybridized carbons (Fsp3) is 0.250. The second-order valence-corrected chi connectivity index (χ2v) is 8.65. The van der Waals surface area contributed by atoms with Gasteiger partial charge in [0.1, 0.15) is 22.9 Å². The number of H-pyrrole nitrogens is 2. The molecule has 0 saturated carbocycles. The number of carbonyl (C=O) groups excluding carboxylic acids is 2. The number of nitrogens with zero attached hydrogens (tertiary/aromatic N) is 1. The lowest BCUT2D eigenvalue weighted by Gasteiger charge is -2.17. The van der Waals surface area contributed by atoms with E-state index in [1.165, 1.54) is 18.1 Å². The lowest BCUT2D eigenvalue weighted by Crippen LogP contribution is -2.30. The molecule has 1 amide bonds. The van der Waals surface area contributed by atoms with Crippen molar-refractivity contribution < 1.29 is 37.3 Å². The summed E-state index contributed by atoms with van der Waals surface area (Å²) in [6.07, 6.45) is -4.93. The number of alkyl halides is 4. The number of methoxy groups -OCH3 is 2. The number of anilines is 1. The van der Waals surface area contributed by atoms with Crippen LogP contribution in [-0.4, -0.2) is 53.6 Å². The summed E-state index contributed by atoms with van der Waals surface area (Å²) in [6, 6.07) is 8.06. The quantitative estimate of drug-likeness (QED) is 0.254. The van der Waals surface area contributed by atoms with E-state index < -0.39 is 41.0 Å². The molecule has 1 aliphatic rings. The first-order valence-electron chi connectivity index (χ1n) is 10.7. The fourth-order valence-electron chi connectivity index (χ4n) is 4.75. The average Bonchev–Trinajstić information content (AvgIpc) is 3.55. The number of esters is 1. The number of hydrogen-bond donors (Lipinski definition) is 3. The molecule has 3 heterocycles. The van der Waals surface area contributed by atoms with Crippen LogP contribution in [0.4, 0.5) is 18.9 Å². The van der Waals surface area contributed by atoms with Crippen LogP contribution in [0, 0.1) is 0 Å². The van der Waals surface area contributed by atoms with Gasteiger partial charge in [-0.15, -0.1) is 11.6 Å². The largest absolute Gasteiger partial charge is 0.506 e. The summed E-state index contributed by atoms with van der Waals surface area (Å²) in [5.74, 6) is -2.33.